The van der Waals surface area contributed by atoms with Crippen LogP contribution < -0.4 is 0 Å². The van der Waals surface area contributed by atoms with Gasteiger partial charge in [0.05, 0.1) is 23.2 Å². The van der Waals surface area contributed by atoms with Crippen molar-refractivity contribution < 1.29 is 19.2 Å². The van der Waals surface area contributed by atoms with Crippen LogP contribution >= 0.6 is 0 Å². The molecule has 0 aromatic heterocycles. The maximum Gasteiger partial charge on any atom is 0.338 e. The Labute approximate surface area is 108 Å². The van der Waals surface area contributed by atoms with Crippen molar-refractivity contribution >= 4 is 17.7 Å². The van der Waals surface area contributed by atoms with Gasteiger partial charge in [-0.3, -0.25) is 10.1 Å². The minimum atomic E-state index is -1.01. The first-order valence-corrected chi connectivity index (χ1v) is 5.51. The molecule has 1 aliphatic carbocycles. The van der Waals surface area contributed by atoms with Gasteiger partial charge in [-0.05, 0) is 18.9 Å². The molecule has 0 unspecified atom stereocenters. The minimum Gasteiger partial charge on any atom is -0.465 e. The van der Waals surface area contributed by atoms with Gasteiger partial charge in [-0.25, -0.2) is 9.59 Å². The molecule has 0 saturated heterocycles. The van der Waals surface area contributed by atoms with Crippen LogP contribution in [0.15, 0.2) is 23.2 Å². The lowest BCUT2D eigenvalue weighted by molar-refractivity contribution is -0.385. The van der Waals surface area contributed by atoms with Gasteiger partial charge in [0.1, 0.15) is 5.54 Å². The predicted octanol–water partition coefficient (Wildman–Crippen LogP) is 1.71. The monoisotopic (exact) mass is 262 g/mol. The van der Waals surface area contributed by atoms with Crippen LogP contribution in [-0.4, -0.2) is 24.1 Å². The lowest BCUT2D eigenvalue weighted by Crippen LogP contribution is -2.15. The van der Waals surface area contributed by atoms with E-state index in [-0.39, 0.29) is 16.8 Å². The van der Waals surface area contributed by atoms with Gasteiger partial charge in [-0.15, -0.1) is 0 Å². The normalized spacial score (nSPS) is 15.2. The van der Waals surface area contributed by atoms with E-state index in [9.17, 15) is 19.7 Å². The van der Waals surface area contributed by atoms with Gasteiger partial charge in [0, 0.05) is 6.07 Å². The van der Waals surface area contributed by atoms with Crippen molar-refractivity contribution in [2.75, 3.05) is 7.11 Å². The number of hydrogen-bond donors (Lipinski definition) is 0. The minimum absolute atomic E-state index is 0.0631. The smallest absolute Gasteiger partial charge is 0.338 e. The molecule has 2 rings (SSSR count). The quantitative estimate of drug-likeness (QED) is 0.270. The Hall–Kier alpha value is -2.53. The van der Waals surface area contributed by atoms with E-state index >= 15 is 0 Å². The summed E-state index contributed by atoms with van der Waals surface area (Å²) in [6.45, 7) is 0. The van der Waals surface area contributed by atoms with E-state index in [1.807, 2.05) is 0 Å². The summed E-state index contributed by atoms with van der Waals surface area (Å²) in [5, 5.41) is 11.1. The Balaban J connectivity index is 2.70. The second-order valence-electron chi connectivity index (χ2n) is 4.18. The average molecular weight is 262 g/mol. The number of nitro groups is 1. The van der Waals surface area contributed by atoms with Crippen LogP contribution in [0, 0.1) is 10.1 Å². The van der Waals surface area contributed by atoms with Crippen LogP contribution in [0.25, 0.3) is 0 Å². The van der Waals surface area contributed by atoms with Crippen molar-refractivity contribution in [2.45, 2.75) is 18.4 Å². The highest BCUT2D eigenvalue weighted by atomic mass is 16.6. The molecule has 0 bridgehead atoms. The summed E-state index contributed by atoms with van der Waals surface area (Å²) in [6.07, 6.45) is 2.36. The third-order valence-corrected chi connectivity index (χ3v) is 3.09. The van der Waals surface area contributed by atoms with Crippen LogP contribution in [0.1, 0.15) is 28.8 Å². The number of isocyanates is 1. The molecule has 1 saturated carbocycles. The predicted molar refractivity (Wildman–Crippen MR) is 63.5 cm³/mol. The van der Waals surface area contributed by atoms with Crippen LogP contribution in [0.2, 0.25) is 0 Å². The van der Waals surface area contributed by atoms with E-state index in [0.29, 0.717) is 12.8 Å². The summed E-state index contributed by atoms with van der Waals surface area (Å²) >= 11 is 0. The van der Waals surface area contributed by atoms with Gasteiger partial charge in [0.15, 0.2) is 0 Å². The Morgan fingerprint density at radius 1 is 1.53 bits per heavy atom. The first kappa shape index (κ1) is 12.9. The molecule has 0 amide bonds. The Morgan fingerprint density at radius 3 is 2.68 bits per heavy atom. The van der Waals surface area contributed by atoms with Crippen molar-refractivity contribution in [2.24, 2.45) is 4.99 Å². The maximum atomic E-state index is 11.7. The molecule has 7 nitrogen and oxygen atoms in total. The number of nitro benzene ring substituents is 1. The van der Waals surface area contributed by atoms with Crippen molar-refractivity contribution in [3.05, 3.63) is 39.4 Å². The van der Waals surface area contributed by atoms with E-state index in [2.05, 4.69) is 9.73 Å². The Kier molecular flexibility index (Phi) is 3.14. The molecule has 0 spiro atoms. The molecule has 0 heterocycles. The topological polar surface area (TPSA) is 98.9 Å². The third-order valence-electron chi connectivity index (χ3n) is 3.09. The van der Waals surface area contributed by atoms with Gasteiger partial charge in [-0.2, -0.15) is 4.99 Å². The number of nitrogens with zero attached hydrogens (tertiary/aromatic N) is 2. The largest absolute Gasteiger partial charge is 0.465 e. The number of methoxy groups -OCH3 is 1. The number of carbonyl (C=O) groups excluding carboxylic acids is 2. The standard InChI is InChI=1S/C12H10N2O5/c1-19-11(16)8-3-2-4-9(14(17)18)10(8)12(5-6-12)13-7-15/h2-4H,5-6H2,1H3. The highest BCUT2D eigenvalue weighted by Crippen LogP contribution is 2.53. The summed E-state index contributed by atoms with van der Waals surface area (Å²) < 4.78 is 4.61. The lowest BCUT2D eigenvalue weighted by Gasteiger charge is -2.13. The first-order valence-electron chi connectivity index (χ1n) is 5.51. The molecule has 1 fully saturated rings. The number of ether oxygens (including phenoxy) is 1. The number of aliphatic imine (C=N–C) groups is 1. The fraction of sp³-hybridized carbons (Fsp3) is 0.333. The molecule has 0 radical (unpaired) electrons. The van der Waals surface area contributed by atoms with Gasteiger partial charge >= 0.3 is 5.97 Å². The van der Waals surface area contributed by atoms with E-state index in [1.165, 1.54) is 31.4 Å². The Bertz CT molecular complexity index is 600. The zero-order valence-electron chi connectivity index (χ0n) is 10.1. The molecule has 7 heteroatoms. The van der Waals surface area contributed by atoms with Gasteiger partial charge in [0.2, 0.25) is 6.08 Å². The summed E-state index contributed by atoms with van der Waals surface area (Å²) in [5.74, 6) is -0.689. The highest BCUT2D eigenvalue weighted by molar-refractivity contribution is 5.93. The second kappa shape index (κ2) is 4.62. The second-order valence-corrected chi connectivity index (χ2v) is 4.18. The van der Waals surface area contributed by atoms with Crippen molar-refractivity contribution in [1.29, 1.82) is 0 Å². The van der Waals surface area contributed by atoms with E-state index < -0.39 is 16.4 Å². The molecule has 1 aromatic rings. The summed E-state index contributed by atoms with van der Waals surface area (Å²) in [5.41, 5.74) is -1.04. The molecular formula is C12H10N2O5. The molecule has 98 valence electrons. The molecule has 0 aliphatic heterocycles. The number of benzene rings is 1. The molecule has 0 N–H and O–H groups in total. The van der Waals surface area contributed by atoms with E-state index in [4.69, 9.17) is 0 Å². The zero-order valence-corrected chi connectivity index (χ0v) is 10.1. The fourth-order valence-electron chi connectivity index (χ4n) is 2.08. The van der Waals surface area contributed by atoms with Crippen LogP contribution in [0.5, 0.6) is 0 Å². The third kappa shape index (κ3) is 2.11. The zero-order chi connectivity index (χ0) is 14.0. The summed E-state index contributed by atoms with van der Waals surface area (Å²) in [7, 11) is 1.19. The number of carbonyl (C=O) groups is 1. The van der Waals surface area contributed by atoms with E-state index in [1.54, 1.807) is 0 Å². The van der Waals surface area contributed by atoms with Crippen LogP contribution in [0.3, 0.4) is 0 Å². The summed E-state index contributed by atoms with van der Waals surface area (Å²) in [4.78, 5) is 36.3. The molecular weight excluding hydrogens is 252 g/mol. The maximum absolute atomic E-state index is 11.7. The molecule has 1 aliphatic rings. The first-order chi connectivity index (χ1) is 9.05. The van der Waals surface area contributed by atoms with Gasteiger partial charge < -0.3 is 4.74 Å². The Morgan fingerprint density at radius 2 is 2.21 bits per heavy atom. The molecule has 1 aromatic carbocycles. The SMILES string of the molecule is COC(=O)c1cccc([N+](=O)[O-])c1C1(N=C=O)CC1. The lowest BCUT2D eigenvalue weighted by atomic mass is 9.96. The van der Waals surface area contributed by atoms with E-state index in [0.717, 1.165) is 0 Å². The molecule has 0 atom stereocenters. The molecule has 19 heavy (non-hydrogen) atoms. The van der Waals surface area contributed by atoms with Crippen molar-refractivity contribution in [3.8, 4) is 0 Å². The van der Waals surface area contributed by atoms with Crippen molar-refractivity contribution in [3.63, 3.8) is 0 Å². The number of hydrogen-bond acceptors (Lipinski definition) is 6. The fourth-order valence-corrected chi connectivity index (χ4v) is 2.08. The highest BCUT2D eigenvalue weighted by Gasteiger charge is 2.51. The summed E-state index contributed by atoms with van der Waals surface area (Å²) in [6, 6.07) is 4.10. The van der Waals surface area contributed by atoms with Gasteiger partial charge in [-0.1, -0.05) is 6.07 Å². The average Bonchev–Trinajstić information content (AvgIpc) is 3.18. The number of rotatable bonds is 4. The van der Waals surface area contributed by atoms with Gasteiger partial charge in [0.25, 0.3) is 5.69 Å². The number of esters is 1. The van der Waals surface area contributed by atoms with Crippen LogP contribution in [0.4, 0.5) is 5.69 Å². The van der Waals surface area contributed by atoms with Crippen LogP contribution in [-0.2, 0) is 15.1 Å². The van der Waals surface area contributed by atoms with Crippen molar-refractivity contribution in [1.82, 2.24) is 0 Å².